The third-order valence-electron chi connectivity index (χ3n) is 4.33. The fraction of sp³-hybridized carbons (Fsp3) is 0.615. The molecule has 0 spiro atoms. The van der Waals surface area contributed by atoms with Crippen LogP contribution in [0.4, 0.5) is 5.82 Å². The molecule has 6 nitrogen and oxygen atoms in total. The fourth-order valence-corrected chi connectivity index (χ4v) is 3.42. The number of fused-ring (bicyclic) bond motifs is 1. The summed E-state index contributed by atoms with van der Waals surface area (Å²) in [4.78, 5) is 13.3. The van der Waals surface area contributed by atoms with E-state index in [1.807, 2.05) is 6.07 Å². The van der Waals surface area contributed by atoms with Crippen molar-refractivity contribution in [3.63, 3.8) is 0 Å². The highest BCUT2D eigenvalue weighted by Gasteiger charge is 2.43. The number of anilines is 1. The maximum atomic E-state index is 11.0. The number of rotatable bonds is 3. The maximum absolute atomic E-state index is 11.0. The summed E-state index contributed by atoms with van der Waals surface area (Å²) in [6.07, 6.45) is 1.10. The van der Waals surface area contributed by atoms with Crippen LogP contribution in [0.3, 0.4) is 0 Å². The van der Waals surface area contributed by atoms with Gasteiger partial charge in [0.1, 0.15) is 0 Å². The van der Waals surface area contributed by atoms with Gasteiger partial charge in [-0.2, -0.15) is 0 Å². The molecule has 0 bridgehead atoms. The smallest absolute Gasteiger partial charge is 0.269 e. The number of nitrogens with one attached hydrogen (secondary N) is 1. The monoisotopic (exact) mass is 261 g/mol. The zero-order chi connectivity index (χ0) is 13.4. The van der Waals surface area contributed by atoms with Gasteiger partial charge in [0.2, 0.25) is 0 Å². The second-order valence-electron chi connectivity index (χ2n) is 5.35. The van der Waals surface area contributed by atoms with E-state index in [4.69, 9.17) is 5.73 Å². The van der Waals surface area contributed by atoms with Gasteiger partial charge in [-0.25, -0.2) is 0 Å². The summed E-state index contributed by atoms with van der Waals surface area (Å²) in [6.45, 7) is 5.40. The van der Waals surface area contributed by atoms with E-state index in [-0.39, 0.29) is 5.69 Å². The highest BCUT2D eigenvalue weighted by molar-refractivity contribution is 5.90. The van der Waals surface area contributed by atoms with Gasteiger partial charge < -0.3 is 16.0 Å². The average molecular weight is 261 g/mol. The molecular weight excluding hydrogens is 242 g/mol. The van der Waals surface area contributed by atoms with Crippen LogP contribution in [0, 0.1) is 11.8 Å². The van der Waals surface area contributed by atoms with Crippen LogP contribution in [0.2, 0.25) is 0 Å². The second-order valence-corrected chi connectivity index (χ2v) is 5.35. The van der Waals surface area contributed by atoms with Crippen molar-refractivity contribution in [1.29, 1.82) is 0 Å². The molecule has 102 valence electrons. The normalized spacial score (nSPS) is 29.5. The van der Waals surface area contributed by atoms with Crippen LogP contribution in [0.5, 0.6) is 0 Å². The number of aromatic nitrogens is 2. The molecule has 2 aliphatic heterocycles. The lowest BCUT2D eigenvalue weighted by atomic mass is 9.93. The predicted molar refractivity (Wildman–Crippen MR) is 71.8 cm³/mol. The van der Waals surface area contributed by atoms with Crippen molar-refractivity contribution in [2.24, 2.45) is 17.6 Å². The Kier molecular flexibility index (Phi) is 3.10. The lowest BCUT2D eigenvalue weighted by Crippen LogP contribution is -2.35. The molecule has 3 atom stereocenters. The molecule has 0 aromatic carbocycles. The molecule has 1 amide bonds. The highest BCUT2D eigenvalue weighted by atomic mass is 16.1. The van der Waals surface area contributed by atoms with E-state index in [1.165, 1.54) is 0 Å². The zero-order valence-corrected chi connectivity index (χ0v) is 11.0. The Morgan fingerprint density at radius 2 is 2.32 bits per heavy atom. The maximum Gasteiger partial charge on any atom is 0.269 e. The molecule has 0 saturated carbocycles. The summed E-state index contributed by atoms with van der Waals surface area (Å²) in [6, 6.07) is 4.02. The average Bonchev–Trinajstić information content (AvgIpc) is 2.98. The molecule has 3 N–H and O–H groups in total. The summed E-state index contributed by atoms with van der Waals surface area (Å²) in [5, 5.41) is 11.5. The first-order valence-corrected chi connectivity index (χ1v) is 6.81. The van der Waals surface area contributed by atoms with Gasteiger partial charge in [0.25, 0.3) is 5.91 Å². The van der Waals surface area contributed by atoms with Gasteiger partial charge in [0.15, 0.2) is 11.5 Å². The van der Waals surface area contributed by atoms with E-state index in [2.05, 4.69) is 27.3 Å². The van der Waals surface area contributed by atoms with Crippen molar-refractivity contribution >= 4 is 11.7 Å². The van der Waals surface area contributed by atoms with Crippen molar-refractivity contribution in [3.05, 3.63) is 17.8 Å². The minimum atomic E-state index is -0.534. The van der Waals surface area contributed by atoms with E-state index in [1.54, 1.807) is 6.07 Å². The SMILES string of the molecule is CCC1C2CNCC2CN1c1ccc(C(N)=O)nn1. The Hall–Kier alpha value is -1.69. The van der Waals surface area contributed by atoms with Crippen LogP contribution in [-0.2, 0) is 0 Å². The number of carbonyl (C=O) groups excluding carboxylic acids is 1. The van der Waals surface area contributed by atoms with Gasteiger partial charge in [0.05, 0.1) is 0 Å². The molecule has 1 aromatic rings. The van der Waals surface area contributed by atoms with Crippen LogP contribution in [0.15, 0.2) is 12.1 Å². The summed E-state index contributed by atoms with van der Waals surface area (Å²) >= 11 is 0. The Morgan fingerprint density at radius 3 is 2.95 bits per heavy atom. The van der Waals surface area contributed by atoms with Crippen LogP contribution < -0.4 is 16.0 Å². The molecule has 1 aromatic heterocycles. The largest absolute Gasteiger partial charge is 0.364 e. The van der Waals surface area contributed by atoms with E-state index in [0.717, 1.165) is 31.9 Å². The third-order valence-corrected chi connectivity index (χ3v) is 4.33. The first-order valence-electron chi connectivity index (χ1n) is 6.81. The number of hydrogen-bond donors (Lipinski definition) is 2. The Morgan fingerprint density at radius 1 is 1.47 bits per heavy atom. The van der Waals surface area contributed by atoms with Crippen molar-refractivity contribution in [1.82, 2.24) is 15.5 Å². The van der Waals surface area contributed by atoms with Crippen molar-refractivity contribution in [2.75, 3.05) is 24.5 Å². The van der Waals surface area contributed by atoms with Gasteiger partial charge in [-0.1, -0.05) is 6.92 Å². The number of hydrogen-bond acceptors (Lipinski definition) is 5. The van der Waals surface area contributed by atoms with Gasteiger partial charge >= 0.3 is 0 Å². The van der Waals surface area contributed by atoms with Gasteiger partial charge in [-0.3, -0.25) is 4.79 Å². The van der Waals surface area contributed by atoms with E-state index < -0.39 is 5.91 Å². The standard InChI is InChI=1S/C13H19N5O/c1-2-11-9-6-15-5-8(9)7-18(11)12-4-3-10(13(14)19)16-17-12/h3-4,8-9,11,15H,2,5-7H2,1H3,(H2,14,19). The number of carbonyl (C=O) groups is 1. The van der Waals surface area contributed by atoms with E-state index >= 15 is 0 Å². The summed E-state index contributed by atoms with van der Waals surface area (Å²) in [7, 11) is 0. The first kappa shape index (κ1) is 12.3. The van der Waals surface area contributed by atoms with Crippen molar-refractivity contribution in [2.45, 2.75) is 19.4 Å². The van der Waals surface area contributed by atoms with Gasteiger partial charge in [-0.15, -0.1) is 10.2 Å². The van der Waals surface area contributed by atoms with Crippen LogP contribution in [-0.4, -0.2) is 41.8 Å². The number of nitrogens with zero attached hydrogens (tertiary/aromatic N) is 3. The fourth-order valence-electron chi connectivity index (χ4n) is 3.42. The topological polar surface area (TPSA) is 84.1 Å². The van der Waals surface area contributed by atoms with E-state index in [0.29, 0.717) is 17.9 Å². The van der Waals surface area contributed by atoms with Crippen molar-refractivity contribution < 1.29 is 4.79 Å². The highest BCUT2D eigenvalue weighted by Crippen LogP contribution is 2.36. The molecule has 3 unspecified atom stereocenters. The summed E-state index contributed by atoms with van der Waals surface area (Å²) < 4.78 is 0. The number of primary amides is 1. The number of amides is 1. The van der Waals surface area contributed by atoms with Crippen LogP contribution >= 0.6 is 0 Å². The van der Waals surface area contributed by atoms with Crippen LogP contribution in [0.1, 0.15) is 23.8 Å². The van der Waals surface area contributed by atoms with Gasteiger partial charge in [0, 0.05) is 25.7 Å². The molecule has 6 heteroatoms. The summed E-state index contributed by atoms with van der Waals surface area (Å²) in [5.74, 6) is 1.71. The molecule has 0 radical (unpaired) electrons. The molecule has 2 saturated heterocycles. The lowest BCUT2D eigenvalue weighted by molar-refractivity contribution is 0.0994. The Labute approximate surface area is 112 Å². The molecule has 2 fully saturated rings. The van der Waals surface area contributed by atoms with Crippen molar-refractivity contribution in [3.8, 4) is 0 Å². The minimum absolute atomic E-state index is 0.220. The lowest BCUT2D eigenvalue weighted by Gasteiger charge is -2.27. The zero-order valence-electron chi connectivity index (χ0n) is 11.0. The molecule has 3 heterocycles. The van der Waals surface area contributed by atoms with E-state index in [9.17, 15) is 4.79 Å². The molecule has 3 rings (SSSR count). The van der Waals surface area contributed by atoms with Crippen LogP contribution in [0.25, 0.3) is 0 Å². The van der Waals surface area contributed by atoms with Gasteiger partial charge in [-0.05, 0) is 30.4 Å². The summed E-state index contributed by atoms with van der Waals surface area (Å²) in [5.41, 5.74) is 5.40. The first-order chi connectivity index (χ1) is 9.20. The third kappa shape index (κ3) is 2.06. The number of nitrogens with two attached hydrogens (primary N) is 1. The second kappa shape index (κ2) is 4.77. The quantitative estimate of drug-likeness (QED) is 0.800. The molecular formula is C13H19N5O. The molecule has 19 heavy (non-hydrogen) atoms. The Bertz CT molecular complexity index is 474. The molecule has 2 aliphatic rings. The minimum Gasteiger partial charge on any atom is -0.364 e. The molecule has 0 aliphatic carbocycles. The predicted octanol–water partition coefficient (Wildman–Crippen LogP) is 0.00970. The Balaban J connectivity index is 1.83.